The maximum atomic E-state index is 13.2. The van der Waals surface area contributed by atoms with E-state index in [-0.39, 0.29) is 18.3 Å². The first-order valence-electron chi connectivity index (χ1n) is 13.8. The number of rotatable bonds is 8. The molecule has 40 heavy (non-hydrogen) atoms. The first-order valence-corrected chi connectivity index (χ1v) is 15.3. The zero-order valence-corrected chi connectivity index (χ0v) is 24.1. The third kappa shape index (κ3) is 7.07. The highest BCUT2D eigenvalue weighted by molar-refractivity contribution is 7.92. The van der Waals surface area contributed by atoms with Crippen molar-refractivity contribution in [2.75, 3.05) is 20.2 Å². The number of halogens is 3. The van der Waals surface area contributed by atoms with E-state index in [9.17, 15) is 31.8 Å². The minimum atomic E-state index is -4.11. The number of hydrogen-bond donors (Lipinski definition) is 3. The van der Waals surface area contributed by atoms with E-state index in [2.05, 4.69) is 5.32 Å². The molecule has 3 N–H and O–H groups in total. The number of alkyl halides is 3. The average molecular weight is 588 g/mol. The van der Waals surface area contributed by atoms with Crippen LogP contribution in [0.25, 0.3) is 6.08 Å². The molecule has 1 unspecified atom stereocenters. The van der Waals surface area contributed by atoms with Crippen molar-refractivity contribution in [1.29, 1.82) is 0 Å². The standard InChI is InChI=1S/C28H40F3N3O5S/c1-18-16-22(25(35)36)17-19(2)23(18)9-15-40(37,38)34-13-11-27(12-14-34)26(39-3)32-24(33-27)21-6-4-20(5-7-21)8-10-28(29,30)31/h9,15-17,20-21,25-26,35-36H,4-8,10-14H2,1-3H3,(H,32,33)/b15-9+. The minimum absolute atomic E-state index is 0.0837. The third-order valence-corrected chi connectivity index (χ3v) is 10.3. The molecular formula is C28H40F3N3O5S. The van der Waals surface area contributed by atoms with Gasteiger partial charge in [-0.05, 0) is 87.5 Å². The lowest BCUT2D eigenvalue weighted by Crippen LogP contribution is -2.58. The number of aliphatic hydroxyl groups is 2. The fraction of sp³-hybridized carbons (Fsp3) is 0.679. The van der Waals surface area contributed by atoms with Crippen molar-refractivity contribution in [3.05, 3.63) is 39.8 Å². The molecule has 1 saturated heterocycles. The van der Waals surface area contributed by atoms with Crippen molar-refractivity contribution in [3.63, 3.8) is 0 Å². The molecule has 0 bridgehead atoms. The lowest BCUT2D eigenvalue weighted by atomic mass is 9.79. The van der Waals surface area contributed by atoms with E-state index in [4.69, 9.17) is 9.73 Å². The molecule has 4 rings (SSSR count). The molecule has 1 spiro atoms. The molecule has 3 aliphatic rings. The summed E-state index contributed by atoms with van der Waals surface area (Å²) >= 11 is 0. The summed E-state index contributed by atoms with van der Waals surface area (Å²) in [5.41, 5.74) is 2.03. The Balaban J connectivity index is 1.35. The molecule has 1 atom stereocenters. The quantitative estimate of drug-likeness (QED) is 0.385. The third-order valence-electron chi connectivity index (χ3n) is 8.69. The highest BCUT2D eigenvalue weighted by Crippen LogP contribution is 2.39. The zero-order chi connectivity index (χ0) is 29.3. The van der Waals surface area contributed by atoms with E-state index in [1.54, 1.807) is 39.2 Å². The fourth-order valence-electron chi connectivity index (χ4n) is 6.35. The number of methoxy groups -OCH3 is 1. The van der Waals surface area contributed by atoms with Crippen molar-refractivity contribution in [2.45, 2.75) is 89.4 Å². The molecule has 2 aliphatic heterocycles. The van der Waals surface area contributed by atoms with Crippen molar-refractivity contribution in [1.82, 2.24) is 9.62 Å². The summed E-state index contributed by atoms with van der Waals surface area (Å²) in [6, 6.07) is 3.25. The second-order valence-corrected chi connectivity index (χ2v) is 13.3. The Morgan fingerprint density at radius 3 is 2.27 bits per heavy atom. The zero-order valence-electron chi connectivity index (χ0n) is 23.2. The lowest BCUT2D eigenvalue weighted by Gasteiger charge is -2.41. The normalized spacial score (nSPS) is 26.0. The number of piperidine rings is 1. The predicted molar refractivity (Wildman–Crippen MR) is 147 cm³/mol. The number of nitrogens with zero attached hydrogens (tertiary/aromatic N) is 2. The fourth-order valence-corrected chi connectivity index (χ4v) is 7.52. The number of ether oxygens (including phenoxy) is 1. The van der Waals surface area contributed by atoms with Gasteiger partial charge in [0.25, 0.3) is 0 Å². The molecule has 0 amide bonds. The number of aliphatic imine (C=N–C) groups is 1. The van der Waals surface area contributed by atoms with E-state index >= 15 is 0 Å². The van der Waals surface area contributed by atoms with Gasteiger partial charge in [0.1, 0.15) is 5.84 Å². The molecule has 1 aromatic rings. The van der Waals surface area contributed by atoms with Crippen LogP contribution in [0.15, 0.2) is 22.5 Å². The van der Waals surface area contributed by atoms with E-state index in [1.165, 1.54) is 9.71 Å². The highest BCUT2D eigenvalue weighted by Gasteiger charge is 2.49. The maximum Gasteiger partial charge on any atom is 0.389 e. The molecule has 2 heterocycles. The van der Waals surface area contributed by atoms with Crippen LogP contribution in [0.5, 0.6) is 0 Å². The number of nitrogens with one attached hydrogen (secondary N) is 1. The van der Waals surface area contributed by atoms with Gasteiger partial charge >= 0.3 is 6.18 Å². The first kappa shape index (κ1) is 31.0. The number of aliphatic hydroxyl groups excluding tert-OH is 1. The van der Waals surface area contributed by atoms with E-state index in [0.717, 1.165) is 42.6 Å². The minimum Gasteiger partial charge on any atom is -0.364 e. The predicted octanol–water partition coefficient (Wildman–Crippen LogP) is 4.54. The van der Waals surface area contributed by atoms with Gasteiger partial charge in [-0.25, -0.2) is 13.4 Å². The van der Waals surface area contributed by atoms with Crippen LogP contribution in [0, 0.1) is 25.7 Å². The first-order chi connectivity index (χ1) is 18.7. The summed E-state index contributed by atoms with van der Waals surface area (Å²) in [5, 5.41) is 23.7. The summed E-state index contributed by atoms with van der Waals surface area (Å²) in [6.45, 7) is 4.17. The molecule has 0 radical (unpaired) electrons. The van der Waals surface area contributed by atoms with Crippen LogP contribution in [0.3, 0.4) is 0 Å². The Kier molecular flexibility index (Phi) is 9.35. The topological polar surface area (TPSA) is 111 Å². The van der Waals surface area contributed by atoms with E-state index < -0.39 is 40.7 Å². The van der Waals surface area contributed by atoms with Gasteiger partial charge in [-0.2, -0.15) is 17.5 Å². The van der Waals surface area contributed by atoms with Gasteiger partial charge in [0.05, 0.1) is 5.54 Å². The van der Waals surface area contributed by atoms with Crippen LogP contribution >= 0.6 is 0 Å². The van der Waals surface area contributed by atoms with Crippen LogP contribution in [-0.4, -0.2) is 66.9 Å². The average Bonchev–Trinajstić information content (AvgIpc) is 3.24. The van der Waals surface area contributed by atoms with Crippen LogP contribution in [-0.2, 0) is 14.8 Å². The summed E-state index contributed by atoms with van der Waals surface area (Å²) in [6.07, 6.45) is -1.10. The molecule has 1 aliphatic carbocycles. The lowest BCUT2D eigenvalue weighted by molar-refractivity contribution is -0.138. The highest BCUT2D eigenvalue weighted by atomic mass is 32.2. The van der Waals surface area contributed by atoms with Crippen molar-refractivity contribution >= 4 is 21.9 Å². The number of hydrogen-bond acceptors (Lipinski definition) is 7. The van der Waals surface area contributed by atoms with Crippen LogP contribution in [0.2, 0.25) is 0 Å². The van der Waals surface area contributed by atoms with Crippen molar-refractivity contribution in [2.24, 2.45) is 16.8 Å². The second-order valence-electron chi connectivity index (χ2n) is 11.4. The van der Waals surface area contributed by atoms with Crippen molar-refractivity contribution < 1.29 is 36.5 Å². The largest absolute Gasteiger partial charge is 0.389 e. The number of sulfonamides is 1. The molecule has 224 valence electrons. The Hall–Kier alpha value is -1.99. The van der Waals surface area contributed by atoms with Gasteiger partial charge in [-0.3, -0.25) is 0 Å². The van der Waals surface area contributed by atoms with Gasteiger partial charge < -0.3 is 20.3 Å². The summed E-state index contributed by atoms with van der Waals surface area (Å²) in [5.74, 6) is 1.06. The summed E-state index contributed by atoms with van der Waals surface area (Å²) < 4.78 is 71.3. The summed E-state index contributed by atoms with van der Waals surface area (Å²) in [7, 11) is -2.11. The van der Waals surface area contributed by atoms with Crippen LogP contribution in [0.1, 0.15) is 79.9 Å². The Morgan fingerprint density at radius 2 is 1.75 bits per heavy atom. The molecule has 1 saturated carbocycles. The molecule has 0 aromatic heterocycles. The maximum absolute atomic E-state index is 13.2. The smallest absolute Gasteiger partial charge is 0.364 e. The van der Waals surface area contributed by atoms with Gasteiger partial charge in [0, 0.05) is 43.5 Å². The number of benzene rings is 1. The van der Waals surface area contributed by atoms with E-state index in [0.29, 0.717) is 37.1 Å². The Labute approximate surface area is 234 Å². The van der Waals surface area contributed by atoms with Crippen LogP contribution in [0.4, 0.5) is 13.2 Å². The molecule has 2 fully saturated rings. The number of amidine groups is 1. The Bertz CT molecular complexity index is 1190. The van der Waals surface area contributed by atoms with Gasteiger partial charge in [-0.15, -0.1) is 0 Å². The van der Waals surface area contributed by atoms with E-state index in [1.807, 2.05) is 0 Å². The molecule has 1 aromatic carbocycles. The van der Waals surface area contributed by atoms with Crippen LogP contribution < -0.4 is 5.32 Å². The monoisotopic (exact) mass is 587 g/mol. The second kappa shape index (κ2) is 12.1. The van der Waals surface area contributed by atoms with Gasteiger partial charge in [-0.1, -0.05) is 12.1 Å². The molecule has 12 heteroatoms. The number of aryl methyl sites for hydroxylation is 2. The molecule has 8 nitrogen and oxygen atoms in total. The SMILES string of the molecule is COC1N=C(C2CCC(CCC(F)(F)F)CC2)NC12CCN(S(=O)(=O)/C=C/c1c(C)cc(C(O)O)cc1C)CC2. The van der Waals surface area contributed by atoms with Gasteiger partial charge in [0.15, 0.2) is 12.5 Å². The summed E-state index contributed by atoms with van der Waals surface area (Å²) in [4.78, 5) is 4.81. The van der Waals surface area contributed by atoms with Crippen molar-refractivity contribution in [3.8, 4) is 0 Å². The van der Waals surface area contributed by atoms with Gasteiger partial charge in [0.2, 0.25) is 10.0 Å². The Morgan fingerprint density at radius 1 is 1.15 bits per heavy atom. The molecular weight excluding hydrogens is 547 g/mol.